The largest absolute Gasteiger partial charge is 0.318 e. The van der Waals surface area contributed by atoms with Crippen molar-refractivity contribution in [3.8, 4) is 11.4 Å². The molecule has 0 spiro atoms. The summed E-state index contributed by atoms with van der Waals surface area (Å²) in [6.07, 6.45) is 0. The number of aromatic nitrogens is 4. The fourth-order valence-electron chi connectivity index (χ4n) is 1.55. The van der Waals surface area contributed by atoms with Gasteiger partial charge in [-0.2, -0.15) is 0 Å². The molecule has 0 unspecified atom stereocenters. The molecule has 0 fully saturated rings. The Bertz CT molecular complexity index is 582. The number of hydrogen-bond donors (Lipinski definition) is 1. The van der Waals surface area contributed by atoms with E-state index >= 15 is 0 Å². The quantitative estimate of drug-likeness (QED) is 0.651. The van der Waals surface area contributed by atoms with Gasteiger partial charge in [0.15, 0.2) is 0 Å². The summed E-state index contributed by atoms with van der Waals surface area (Å²) >= 11 is 0. The Morgan fingerprint density at radius 3 is 2.87 bits per heavy atom. The molecule has 0 amide bonds. The molecule has 15 heavy (non-hydrogen) atoms. The standard InChI is InChI=1S/C10H8N4O/c1-6-4-2-3-5-7(6)8-11-9-10(12-8)14-15-13-9/h2-5H,1H3,(H,11,12,13,14). The van der Waals surface area contributed by atoms with Crippen molar-refractivity contribution < 1.29 is 4.63 Å². The summed E-state index contributed by atoms with van der Waals surface area (Å²) in [5, 5.41) is 7.36. The molecule has 74 valence electrons. The van der Waals surface area contributed by atoms with Crippen LogP contribution in [0.4, 0.5) is 0 Å². The monoisotopic (exact) mass is 200 g/mol. The van der Waals surface area contributed by atoms with Crippen LogP contribution in [0.2, 0.25) is 0 Å². The summed E-state index contributed by atoms with van der Waals surface area (Å²) in [4.78, 5) is 7.34. The third kappa shape index (κ3) is 1.20. The highest BCUT2D eigenvalue weighted by atomic mass is 16.6. The highest BCUT2D eigenvalue weighted by molar-refractivity contribution is 5.72. The lowest BCUT2D eigenvalue weighted by Gasteiger charge is -1.99. The molecular weight excluding hydrogens is 192 g/mol. The van der Waals surface area contributed by atoms with Crippen LogP contribution in [0, 0.1) is 6.92 Å². The summed E-state index contributed by atoms with van der Waals surface area (Å²) in [7, 11) is 0. The second-order valence-electron chi connectivity index (χ2n) is 3.34. The van der Waals surface area contributed by atoms with Crippen LogP contribution in [0.3, 0.4) is 0 Å². The maximum atomic E-state index is 4.53. The van der Waals surface area contributed by atoms with Gasteiger partial charge in [-0.05, 0) is 22.8 Å². The van der Waals surface area contributed by atoms with Gasteiger partial charge in [0.05, 0.1) is 0 Å². The van der Waals surface area contributed by atoms with E-state index in [2.05, 4.69) is 24.9 Å². The topological polar surface area (TPSA) is 67.6 Å². The average molecular weight is 200 g/mol. The Kier molecular flexibility index (Phi) is 1.58. The number of hydrogen-bond acceptors (Lipinski definition) is 4. The average Bonchev–Trinajstić information content (AvgIpc) is 2.77. The zero-order valence-electron chi connectivity index (χ0n) is 8.06. The fraction of sp³-hybridized carbons (Fsp3) is 0.100. The van der Waals surface area contributed by atoms with Gasteiger partial charge in [0.1, 0.15) is 5.82 Å². The summed E-state index contributed by atoms with van der Waals surface area (Å²) in [5.41, 5.74) is 3.30. The van der Waals surface area contributed by atoms with Gasteiger partial charge >= 0.3 is 0 Å². The van der Waals surface area contributed by atoms with Crippen LogP contribution >= 0.6 is 0 Å². The maximum absolute atomic E-state index is 4.53. The first-order valence-corrected chi connectivity index (χ1v) is 4.59. The van der Waals surface area contributed by atoms with E-state index in [0.29, 0.717) is 11.3 Å². The number of aryl methyl sites for hydroxylation is 1. The highest BCUT2D eigenvalue weighted by Crippen LogP contribution is 2.21. The van der Waals surface area contributed by atoms with Crippen molar-refractivity contribution in [3.05, 3.63) is 29.8 Å². The molecule has 2 heterocycles. The second-order valence-corrected chi connectivity index (χ2v) is 3.34. The van der Waals surface area contributed by atoms with Gasteiger partial charge in [-0.15, -0.1) is 0 Å². The number of imidazole rings is 1. The molecule has 2 aromatic heterocycles. The van der Waals surface area contributed by atoms with E-state index in [1.54, 1.807) is 0 Å². The molecule has 0 aliphatic heterocycles. The van der Waals surface area contributed by atoms with E-state index in [4.69, 9.17) is 0 Å². The maximum Gasteiger partial charge on any atom is 0.243 e. The first-order chi connectivity index (χ1) is 7.34. The number of aromatic amines is 1. The molecule has 3 rings (SSSR count). The van der Waals surface area contributed by atoms with Crippen LogP contribution in [-0.4, -0.2) is 20.3 Å². The van der Waals surface area contributed by atoms with Gasteiger partial charge in [-0.25, -0.2) is 9.61 Å². The van der Waals surface area contributed by atoms with Gasteiger partial charge in [0.2, 0.25) is 11.3 Å². The fourth-order valence-corrected chi connectivity index (χ4v) is 1.55. The minimum atomic E-state index is 0.508. The SMILES string of the molecule is Cc1ccccc1-c1nc2nonc2[nH]1. The number of nitrogens with zero attached hydrogens (tertiary/aromatic N) is 3. The third-order valence-corrected chi connectivity index (χ3v) is 2.33. The van der Waals surface area contributed by atoms with Crippen molar-refractivity contribution >= 4 is 11.3 Å². The molecular formula is C10H8N4O. The highest BCUT2D eigenvalue weighted by Gasteiger charge is 2.10. The van der Waals surface area contributed by atoms with Crippen LogP contribution in [0.25, 0.3) is 22.7 Å². The number of rotatable bonds is 1. The van der Waals surface area contributed by atoms with Crippen molar-refractivity contribution in [2.45, 2.75) is 6.92 Å². The smallest absolute Gasteiger partial charge is 0.243 e. The van der Waals surface area contributed by atoms with Crippen molar-refractivity contribution in [2.75, 3.05) is 0 Å². The van der Waals surface area contributed by atoms with Crippen molar-refractivity contribution in [1.82, 2.24) is 20.3 Å². The molecule has 0 atom stereocenters. The van der Waals surface area contributed by atoms with Crippen LogP contribution in [0.1, 0.15) is 5.56 Å². The van der Waals surface area contributed by atoms with E-state index in [1.807, 2.05) is 31.2 Å². The first-order valence-electron chi connectivity index (χ1n) is 4.59. The normalized spacial score (nSPS) is 11.0. The van der Waals surface area contributed by atoms with E-state index in [9.17, 15) is 0 Å². The van der Waals surface area contributed by atoms with E-state index < -0.39 is 0 Å². The Labute approximate surface area is 85.1 Å². The Morgan fingerprint density at radius 2 is 2.07 bits per heavy atom. The molecule has 5 heteroatoms. The zero-order valence-corrected chi connectivity index (χ0v) is 8.06. The predicted molar refractivity (Wildman–Crippen MR) is 54.1 cm³/mol. The molecule has 0 aliphatic carbocycles. The lowest BCUT2D eigenvalue weighted by atomic mass is 10.1. The Hall–Kier alpha value is -2.17. The van der Waals surface area contributed by atoms with Gasteiger partial charge in [-0.1, -0.05) is 24.3 Å². The minimum Gasteiger partial charge on any atom is -0.318 e. The molecule has 1 aromatic carbocycles. The zero-order chi connectivity index (χ0) is 10.3. The van der Waals surface area contributed by atoms with Crippen molar-refractivity contribution in [1.29, 1.82) is 0 Å². The molecule has 0 bridgehead atoms. The number of H-pyrrole nitrogens is 1. The van der Waals surface area contributed by atoms with Gasteiger partial charge in [0.25, 0.3) is 0 Å². The molecule has 0 saturated heterocycles. The molecule has 1 N–H and O–H groups in total. The number of fused-ring (bicyclic) bond motifs is 1. The minimum absolute atomic E-state index is 0.508. The Morgan fingerprint density at radius 1 is 1.20 bits per heavy atom. The Balaban J connectivity index is 2.22. The van der Waals surface area contributed by atoms with Crippen LogP contribution in [-0.2, 0) is 0 Å². The number of nitrogens with one attached hydrogen (secondary N) is 1. The van der Waals surface area contributed by atoms with Crippen molar-refractivity contribution in [3.63, 3.8) is 0 Å². The van der Waals surface area contributed by atoms with Gasteiger partial charge in [0, 0.05) is 5.56 Å². The second kappa shape index (κ2) is 2.91. The predicted octanol–water partition coefficient (Wildman–Crippen LogP) is 1.92. The molecule has 0 aliphatic rings. The molecule has 0 saturated carbocycles. The van der Waals surface area contributed by atoms with Gasteiger partial charge < -0.3 is 4.98 Å². The van der Waals surface area contributed by atoms with Crippen molar-refractivity contribution in [2.24, 2.45) is 0 Å². The third-order valence-electron chi connectivity index (χ3n) is 2.33. The lowest BCUT2D eigenvalue weighted by Crippen LogP contribution is -1.84. The summed E-state index contributed by atoms with van der Waals surface area (Å²) < 4.78 is 4.53. The van der Waals surface area contributed by atoms with Gasteiger partial charge in [-0.3, -0.25) is 0 Å². The molecule has 0 radical (unpaired) electrons. The van der Waals surface area contributed by atoms with E-state index in [-0.39, 0.29) is 0 Å². The van der Waals surface area contributed by atoms with Crippen LogP contribution < -0.4 is 0 Å². The number of benzene rings is 1. The lowest BCUT2D eigenvalue weighted by molar-refractivity contribution is 0.313. The van der Waals surface area contributed by atoms with E-state index in [1.165, 1.54) is 0 Å². The summed E-state index contributed by atoms with van der Waals surface area (Å²) in [5.74, 6) is 0.772. The summed E-state index contributed by atoms with van der Waals surface area (Å²) in [6.45, 7) is 2.04. The van der Waals surface area contributed by atoms with Crippen LogP contribution in [0.5, 0.6) is 0 Å². The molecule has 5 nitrogen and oxygen atoms in total. The summed E-state index contributed by atoms with van der Waals surface area (Å²) in [6, 6.07) is 8.01. The first kappa shape index (κ1) is 8.16. The molecule has 3 aromatic rings. The van der Waals surface area contributed by atoms with E-state index in [0.717, 1.165) is 17.0 Å². The van der Waals surface area contributed by atoms with Crippen LogP contribution in [0.15, 0.2) is 28.9 Å².